The van der Waals surface area contributed by atoms with Crippen molar-refractivity contribution in [2.75, 3.05) is 13.3 Å². The number of hydrogen-bond acceptors (Lipinski definition) is 5. The molecule has 0 saturated carbocycles. The molecule has 24 heavy (non-hydrogen) atoms. The zero-order valence-corrected chi connectivity index (χ0v) is 13.4. The summed E-state index contributed by atoms with van der Waals surface area (Å²) in [4.78, 5) is 14.4. The van der Waals surface area contributed by atoms with Gasteiger partial charge in [0.15, 0.2) is 11.5 Å². The molecular formula is C18H18N2O4. The van der Waals surface area contributed by atoms with E-state index in [-0.39, 0.29) is 18.7 Å². The number of amides is 1. The minimum absolute atomic E-state index is 0.00338. The third-order valence-corrected chi connectivity index (χ3v) is 4.34. The van der Waals surface area contributed by atoms with E-state index in [2.05, 4.69) is 5.16 Å². The van der Waals surface area contributed by atoms with Crippen molar-refractivity contribution in [3.63, 3.8) is 0 Å². The van der Waals surface area contributed by atoms with Crippen LogP contribution in [0.1, 0.15) is 35.9 Å². The van der Waals surface area contributed by atoms with E-state index in [0.29, 0.717) is 5.75 Å². The average molecular weight is 326 g/mol. The molecule has 1 atom stereocenters. The summed E-state index contributed by atoms with van der Waals surface area (Å²) in [5, 5.41) is 4.06. The van der Waals surface area contributed by atoms with Crippen LogP contribution < -0.4 is 9.47 Å². The number of aromatic nitrogens is 1. The molecule has 1 aromatic heterocycles. The van der Waals surface area contributed by atoms with Gasteiger partial charge in [0, 0.05) is 18.7 Å². The molecule has 2 aliphatic rings. The molecule has 0 radical (unpaired) electrons. The van der Waals surface area contributed by atoms with Gasteiger partial charge in [-0.1, -0.05) is 11.2 Å². The molecule has 2 aromatic rings. The summed E-state index contributed by atoms with van der Waals surface area (Å²) in [5.41, 5.74) is 1.73. The molecular weight excluding hydrogens is 308 g/mol. The predicted octanol–water partition coefficient (Wildman–Crippen LogP) is 3.09. The van der Waals surface area contributed by atoms with Crippen molar-refractivity contribution in [2.45, 2.75) is 25.8 Å². The first kappa shape index (κ1) is 14.8. The lowest BCUT2D eigenvalue weighted by Gasteiger charge is -2.21. The van der Waals surface area contributed by atoms with E-state index in [1.807, 2.05) is 36.1 Å². The first-order valence-corrected chi connectivity index (χ1v) is 8.02. The number of ether oxygens (including phenoxy) is 2. The number of carbonyl (C=O) groups excluding carboxylic acids is 1. The summed E-state index contributed by atoms with van der Waals surface area (Å²) < 4.78 is 15.8. The number of carbonyl (C=O) groups is 1. The third kappa shape index (κ3) is 2.75. The van der Waals surface area contributed by atoms with E-state index >= 15 is 0 Å². The molecule has 1 amide bonds. The average Bonchev–Trinajstić information content (AvgIpc) is 3.31. The van der Waals surface area contributed by atoms with Gasteiger partial charge in [0.2, 0.25) is 12.7 Å². The summed E-state index contributed by atoms with van der Waals surface area (Å²) in [6.45, 7) is 2.84. The van der Waals surface area contributed by atoms with Crippen LogP contribution in [0.3, 0.4) is 0 Å². The Bertz CT molecular complexity index is 796. The Kier molecular flexibility index (Phi) is 3.72. The largest absolute Gasteiger partial charge is 0.454 e. The second-order valence-corrected chi connectivity index (χ2v) is 6.00. The van der Waals surface area contributed by atoms with E-state index in [1.54, 1.807) is 12.2 Å². The second-order valence-electron chi connectivity index (χ2n) is 6.00. The molecule has 0 N–H and O–H groups in total. The normalized spacial score (nSPS) is 19.4. The Labute approximate surface area is 139 Å². The highest BCUT2D eigenvalue weighted by atomic mass is 16.7. The molecule has 6 heteroatoms. The molecule has 6 nitrogen and oxygen atoms in total. The van der Waals surface area contributed by atoms with Crippen LogP contribution in [0.2, 0.25) is 0 Å². The van der Waals surface area contributed by atoms with Crippen molar-refractivity contribution in [1.29, 1.82) is 0 Å². The maximum Gasteiger partial charge on any atom is 0.247 e. The van der Waals surface area contributed by atoms with Crippen LogP contribution in [0, 0.1) is 6.92 Å². The highest BCUT2D eigenvalue weighted by Gasteiger charge is 2.30. The van der Waals surface area contributed by atoms with Gasteiger partial charge >= 0.3 is 0 Å². The van der Waals surface area contributed by atoms with Crippen molar-refractivity contribution in [2.24, 2.45) is 0 Å². The number of fused-ring (bicyclic) bond motifs is 1. The van der Waals surface area contributed by atoms with Crippen LogP contribution in [0.4, 0.5) is 0 Å². The number of likely N-dealkylation sites (tertiary alicyclic amines) is 1. The Hall–Kier alpha value is -2.76. The lowest BCUT2D eigenvalue weighted by Crippen LogP contribution is -2.29. The van der Waals surface area contributed by atoms with Gasteiger partial charge in [0.05, 0.1) is 6.04 Å². The minimum atomic E-state index is -0.0178. The molecule has 1 saturated heterocycles. The molecule has 124 valence electrons. The fourth-order valence-electron chi connectivity index (χ4n) is 3.16. The van der Waals surface area contributed by atoms with Crippen LogP contribution in [-0.2, 0) is 4.79 Å². The topological polar surface area (TPSA) is 64.8 Å². The summed E-state index contributed by atoms with van der Waals surface area (Å²) >= 11 is 0. The Morgan fingerprint density at radius 1 is 1.29 bits per heavy atom. The zero-order valence-electron chi connectivity index (χ0n) is 13.4. The van der Waals surface area contributed by atoms with Gasteiger partial charge in [-0.15, -0.1) is 0 Å². The standard InChI is InChI=1S/C18H18N2O4/c1-12-9-14(19-24-12)15-3-2-8-20(15)18(21)7-5-13-4-6-16-17(10-13)23-11-22-16/h4-7,9-10,15H,2-3,8,11H2,1H3/b7-5+/t15-/m0/s1. The van der Waals surface area contributed by atoms with Crippen molar-refractivity contribution < 1.29 is 18.8 Å². The lowest BCUT2D eigenvalue weighted by atomic mass is 10.1. The molecule has 0 spiro atoms. The van der Waals surface area contributed by atoms with Crippen molar-refractivity contribution in [3.8, 4) is 11.5 Å². The van der Waals surface area contributed by atoms with Crippen LogP contribution >= 0.6 is 0 Å². The van der Waals surface area contributed by atoms with E-state index in [1.165, 1.54) is 0 Å². The van der Waals surface area contributed by atoms with Crippen LogP contribution in [0.15, 0.2) is 34.9 Å². The van der Waals surface area contributed by atoms with Crippen LogP contribution in [0.25, 0.3) is 6.08 Å². The SMILES string of the molecule is Cc1cc([C@@H]2CCCN2C(=O)/C=C/c2ccc3c(c2)OCO3)no1. The van der Waals surface area contributed by atoms with Gasteiger partial charge in [0.25, 0.3) is 0 Å². The molecule has 2 aliphatic heterocycles. The summed E-state index contributed by atoms with van der Waals surface area (Å²) in [6, 6.07) is 7.52. The van der Waals surface area contributed by atoms with Gasteiger partial charge in [-0.3, -0.25) is 4.79 Å². The Balaban J connectivity index is 1.49. The maximum absolute atomic E-state index is 12.6. The smallest absolute Gasteiger partial charge is 0.247 e. The molecule has 0 unspecified atom stereocenters. The maximum atomic E-state index is 12.6. The monoisotopic (exact) mass is 326 g/mol. The molecule has 1 fully saturated rings. The van der Waals surface area contributed by atoms with Crippen molar-refractivity contribution in [3.05, 3.63) is 47.4 Å². The van der Waals surface area contributed by atoms with Gasteiger partial charge < -0.3 is 18.9 Å². The van der Waals surface area contributed by atoms with Gasteiger partial charge in [0.1, 0.15) is 11.5 Å². The van der Waals surface area contributed by atoms with E-state index in [0.717, 1.165) is 42.2 Å². The summed E-state index contributed by atoms with van der Waals surface area (Å²) in [6.07, 6.45) is 5.28. The first-order chi connectivity index (χ1) is 11.7. The molecule has 1 aromatic carbocycles. The number of aryl methyl sites for hydroxylation is 1. The summed E-state index contributed by atoms with van der Waals surface area (Å²) in [7, 11) is 0. The molecule has 4 rings (SSSR count). The quantitative estimate of drug-likeness (QED) is 0.811. The molecule has 3 heterocycles. The predicted molar refractivity (Wildman–Crippen MR) is 86.5 cm³/mol. The third-order valence-electron chi connectivity index (χ3n) is 4.34. The van der Waals surface area contributed by atoms with Crippen LogP contribution in [-0.4, -0.2) is 29.3 Å². The first-order valence-electron chi connectivity index (χ1n) is 8.02. The molecule has 0 bridgehead atoms. The fraction of sp³-hybridized carbons (Fsp3) is 0.333. The molecule has 0 aliphatic carbocycles. The van der Waals surface area contributed by atoms with E-state index < -0.39 is 0 Å². The number of nitrogens with zero attached hydrogens (tertiary/aromatic N) is 2. The van der Waals surface area contributed by atoms with Gasteiger partial charge in [-0.05, 0) is 43.5 Å². The van der Waals surface area contributed by atoms with Crippen molar-refractivity contribution >= 4 is 12.0 Å². The minimum Gasteiger partial charge on any atom is -0.454 e. The Morgan fingerprint density at radius 3 is 3.00 bits per heavy atom. The number of benzene rings is 1. The van der Waals surface area contributed by atoms with Crippen molar-refractivity contribution in [1.82, 2.24) is 10.1 Å². The number of hydrogen-bond donors (Lipinski definition) is 0. The lowest BCUT2D eigenvalue weighted by molar-refractivity contribution is -0.126. The van der Waals surface area contributed by atoms with E-state index in [9.17, 15) is 4.79 Å². The Morgan fingerprint density at radius 2 is 2.17 bits per heavy atom. The van der Waals surface area contributed by atoms with Gasteiger partial charge in [-0.2, -0.15) is 0 Å². The highest BCUT2D eigenvalue weighted by Crippen LogP contribution is 2.34. The second kappa shape index (κ2) is 6.03. The fourth-order valence-corrected chi connectivity index (χ4v) is 3.16. The highest BCUT2D eigenvalue weighted by molar-refractivity contribution is 5.92. The van der Waals surface area contributed by atoms with Crippen LogP contribution in [0.5, 0.6) is 11.5 Å². The number of rotatable bonds is 3. The zero-order chi connectivity index (χ0) is 16.5. The summed E-state index contributed by atoms with van der Waals surface area (Å²) in [5.74, 6) is 2.19. The van der Waals surface area contributed by atoms with Gasteiger partial charge in [-0.25, -0.2) is 0 Å². The van der Waals surface area contributed by atoms with E-state index in [4.69, 9.17) is 14.0 Å².